The summed E-state index contributed by atoms with van der Waals surface area (Å²) in [5.41, 5.74) is 2.02. The van der Waals surface area contributed by atoms with Crippen molar-refractivity contribution < 1.29 is 5.11 Å². The standard InChI is InChI=1S/C19H15Cl2NOS/c20-15-6-2-4-8-19(15)24-18-7-3-1-5-13(18)12-22-14-9-10-17(23)16(21)11-14/h1-11,22-23H,12H2. The van der Waals surface area contributed by atoms with Crippen LogP contribution in [0.25, 0.3) is 0 Å². The molecule has 3 aromatic carbocycles. The fraction of sp³-hybridized carbons (Fsp3) is 0.0526. The average Bonchev–Trinajstić information content (AvgIpc) is 2.59. The van der Waals surface area contributed by atoms with Gasteiger partial charge in [-0.05, 0) is 42.0 Å². The van der Waals surface area contributed by atoms with E-state index in [4.69, 9.17) is 23.2 Å². The Morgan fingerprint density at radius 2 is 1.54 bits per heavy atom. The molecule has 2 N–H and O–H groups in total. The predicted octanol–water partition coefficient (Wildman–Crippen LogP) is 6.46. The number of nitrogens with one attached hydrogen (secondary N) is 1. The van der Waals surface area contributed by atoms with Gasteiger partial charge >= 0.3 is 0 Å². The molecule has 0 saturated heterocycles. The first-order valence-corrected chi connectivity index (χ1v) is 8.93. The first-order valence-electron chi connectivity index (χ1n) is 7.36. The van der Waals surface area contributed by atoms with Gasteiger partial charge in [0, 0.05) is 22.0 Å². The van der Waals surface area contributed by atoms with Crippen LogP contribution in [0.3, 0.4) is 0 Å². The number of aromatic hydroxyl groups is 1. The highest BCUT2D eigenvalue weighted by Gasteiger charge is 2.07. The number of hydrogen-bond donors (Lipinski definition) is 2. The fourth-order valence-corrected chi connectivity index (χ4v) is 3.61. The molecule has 0 aliphatic carbocycles. The monoisotopic (exact) mass is 375 g/mol. The summed E-state index contributed by atoms with van der Waals surface area (Å²) in [6.45, 7) is 0.648. The van der Waals surface area contributed by atoms with E-state index in [2.05, 4.69) is 17.4 Å². The van der Waals surface area contributed by atoms with Crippen LogP contribution in [0.4, 0.5) is 5.69 Å². The fourth-order valence-electron chi connectivity index (χ4n) is 2.21. The Morgan fingerprint density at radius 1 is 0.833 bits per heavy atom. The van der Waals surface area contributed by atoms with E-state index in [1.807, 2.05) is 36.4 Å². The number of anilines is 1. The van der Waals surface area contributed by atoms with Crippen molar-refractivity contribution in [3.63, 3.8) is 0 Å². The van der Waals surface area contributed by atoms with Gasteiger partial charge in [-0.15, -0.1) is 0 Å². The Labute approximate surface area is 155 Å². The molecular weight excluding hydrogens is 361 g/mol. The summed E-state index contributed by atoms with van der Waals surface area (Å²) >= 11 is 13.8. The second-order valence-corrected chi connectivity index (χ2v) is 7.06. The van der Waals surface area contributed by atoms with Crippen molar-refractivity contribution in [1.82, 2.24) is 0 Å². The minimum absolute atomic E-state index is 0.0805. The number of phenols is 1. The van der Waals surface area contributed by atoms with Gasteiger partial charge in [-0.25, -0.2) is 0 Å². The van der Waals surface area contributed by atoms with Crippen LogP contribution in [0.15, 0.2) is 76.5 Å². The highest BCUT2D eigenvalue weighted by molar-refractivity contribution is 7.99. The first-order chi connectivity index (χ1) is 11.6. The quantitative estimate of drug-likeness (QED) is 0.501. The molecule has 0 amide bonds. The van der Waals surface area contributed by atoms with Gasteiger partial charge < -0.3 is 10.4 Å². The molecule has 3 rings (SSSR count). The molecule has 122 valence electrons. The lowest BCUT2D eigenvalue weighted by Gasteiger charge is -2.12. The van der Waals surface area contributed by atoms with Gasteiger partial charge in [0.2, 0.25) is 0 Å². The van der Waals surface area contributed by atoms with Crippen LogP contribution in [0.5, 0.6) is 5.75 Å². The minimum atomic E-state index is 0.0805. The maximum Gasteiger partial charge on any atom is 0.134 e. The summed E-state index contributed by atoms with van der Waals surface area (Å²) in [7, 11) is 0. The molecule has 0 aliphatic rings. The van der Waals surface area contributed by atoms with Crippen molar-refractivity contribution in [2.24, 2.45) is 0 Å². The Bertz CT molecular complexity index is 854. The van der Waals surface area contributed by atoms with Gasteiger partial charge in [0.1, 0.15) is 5.75 Å². The molecule has 0 heterocycles. The molecule has 0 radical (unpaired) electrons. The summed E-state index contributed by atoms with van der Waals surface area (Å²) in [6, 6.07) is 21.1. The highest BCUT2D eigenvalue weighted by atomic mass is 35.5. The zero-order valence-corrected chi connectivity index (χ0v) is 15.0. The molecule has 3 aromatic rings. The minimum Gasteiger partial charge on any atom is -0.506 e. The van der Waals surface area contributed by atoms with E-state index >= 15 is 0 Å². The van der Waals surface area contributed by atoms with Crippen molar-refractivity contribution in [2.75, 3.05) is 5.32 Å². The van der Waals surface area contributed by atoms with Crippen molar-refractivity contribution in [2.45, 2.75) is 16.3 Å². The third-order valence-corrected chi connectivity index (χ3v) is 5.40. The smallest absolute Gasteiger partial charge is 0.134 e. The third kappa shape index (κ3) is 4.18. The van der Waals surface area contributed by atoms with Gasteiger partial charge in [-0.3, -0.25) is 0 Å². The maximum absolute atomic E-state index is 9.49. The molecule has 0 aliphatic heterocycles. The Hall–Kier alpha value is -1.81. The van der Waals surface area contributed by atoms with Gasteiger partial charge in [-0.2, -0.15) is 0 Å². The molecule has 0 unspecified atom stereocenters. The maximum atomic E-state index is 9.49. The molecule has 0 bridgehead atoms. The van der Waals surface area contributed by atoms with Crippen molar-refractivity contribution in [1.29, 1.82) is 0 Å². The average molecular weight is 376 g/mol. The zero-order valence-electron chi connectivity index (χ0n) is 12.7. The third-order valence-electron chi connectivity index (χ3n) is 3.46. The van der Waals surface area contributed by atoms with Crippen LogP contribution in [0, 0.1) is 0 Å². The molecule has 0 spiro atoms. The molecule has 2 nitrogen and oxygen atoms in total. The predicted molar refractivity (Wildman–Crippen MR) is 102 cm³/mol. The van der Waals surface area contributed by atoms with Crippen molar-refractivity contribution >= 4 is 40.7 Å². The van der Waals surface area contributed by atoms with E-state index in [0.717, 1.165) is 26.1 Å². The SMILES string of the molecule is Oc1ccc(NCc2ccccc2Sc2ccccc2Cl)cc1Cl. The summed E-state index contributed by atoms with van der Waals surface area (Å²) < 4.78 is 0. The molecule has 24 heavy (non-hydrogen) atoms. The van der Waals surface area contributed by atoms with Crippen LogP contribution < -0.4 is 5.32 Å². The molecule has 0 atom stereocenters. The van der Waals surface area contributed by atoms with Crippen molar-refractivity contribution in [3.05, 3.63) is 82.3 Å². The van der Waals surface area contributed by atoms with Gasteiger partial charge in [0.25, 0.3) is 0 Å². The summed E-state index contributed by atoms with van der Waals surface area (Å²) in [4.78, 5) is 2.17. The summed E-state index contributed by atoms with van der Waals surface area (Å²) in [5, 5.41) is 13.9. The van der Waals surface area contributed by atoms with Crippen LogP contribution in [-0.2, 0) is 6.54 Å². The lowest BCUT2D eigenvalue weighted by molar-refractivity contribution is 0.475. The Kier molecular flexibility index (Phi) is 5.56. The second kappa shape index (κ2) is 7.84. The second-order valence-electron chi connectivity index (χ2n) is 5.16. The van der Waals surface area contributed by atoms with Crippen LogP contribution >= 0.6 is 35.0 Å². The lowest BCUT2D eigenvalue weighted by Crippen LogP contribution is -2.00. The molecule has 0 aromatic heterocycles. The number of halogens is 2. The Balaban J connectivity index is 1.77. The number of rotatable bonds is 5. The molecular formula is C19H15Cl2NOS. The van der Waals surface area contributed by atoms with Crippen LogP contribution in [0.1, 0.15) is 5.56 Å². The van der Waals surface area contributed by atoms with E-state index in [9.17, 15) is 5.11 Å². The van der Waals surface area contributed by atoms with Crippen molar-refractivity contribution in [3.8, 4) is 5.75 Å². The van der Waals surface area contributed by atoms with E-state index in [1.165, 1.54) is 0 Å². The van der Waals surface area contributed by atoms with Crippen LogP contribution in [0.2, 0.25) is 10.0 Å². The van der Waals surface area contributed by atoms with E-state index in [1.54, 1.807) is 30.0 Å². The van der Waals surface area contributed by atoms with Gasteiger partial charge in [0.15, 0.2) is 0 Å². The van der Waals surface area contributed by atoms with E-state index < -0.39 is 0 Å². The number of phenolic OH excluding ortho intramolecular Hbond substituents is 1. The highest BCUT2D eigenvalue weighted by Crippen LogP contribution is 2.35. The van der Waals surface area contributed by atoms with E-state index in [0.29, 0.717) is 11.6 Å². The zero-order chi connectivity index (χ0) is 16.9. The van der Waals surface area contributed by atoms with Crippen LogP contribution in [-0.4, -0.2) is 5.11 Å². The van der Waals surface area contributed by atoms with Gasteiger partial charge in [0.05, 0.1) is 10.0 Å². The molecule has 0 saturated carbocycles. The Morgan fingerprint density at radius 3 is 2.29 bits per heavy atom. The van der Waals surface area contributed by atoms with Gasteiger partial charge in [-0.1, -0.05) is 65.3 Å². The normalized spacial score (nSPS) is 10.6. The summed E-state index contributed by atoms with van der Waals surface area (Å²) in [5.74, 6) is 0.0805. The first kappa shape index (κ1) is 17.0. The molecule has 0 fully saturated rings. The van der Waals surface area contributed by atoms with E-state index in [-0.39, 0.29) is 5.75 Å². The number of benzene rings is 3. The topological polar surface area (TPSA) is 32.3 Å². The largest absolute Gasteiger partial charge is 0.506 e. The number of hydrogen-bond acceptors (Lipinski definition) is 3. The molecule has 5 heteroatoms. The lowest BCUT2D eigenvalue weighted by atomic mass is 10.2. The summed E-state index contributed by atoms with van der Waals surface area (Å²) in [6.07, 6.45) is 0.